The Morgan fingerprint density at radius 1 is 1.38 bits per heavy atom. The first kappa shape index (κ1) is 9.58. The van der Waals surface area contributed by atoms with Crippen LogP contribution in [0.1, 0.15) is 46.2 Å². The second-order valence-corrected chi connectivity index (χ2v) is 4.64. The summed E-state index contributed by atoms with van der Waals surface area (Å²) in [4.78, 5) is 15.5. The molecule has 0 aromatic carbocycles. The second-order valence-electron chi connectivity index (χ2n) is 4.64. The number of nitrogens with zero attached hydrogens (tertiary/aromatic N) is 2. The van der Waals surface area contributed by atoms with Gasteiger partial charge in [0.25, 0.3) is 0 Å². The lowest BCUT2D eigenvalue weighted by Crippen LogP contribution is -1.98. The highest BCUT2D eigenvalue weighted by Crippen LogP contribution is 2.42. The lowest BCUT2D eigenvalue weighted by atomic mass is 10.2. The van der Waals surface area contributed by atoms with E-state index in [1.165, 1.54) is 18.4 Å². The lowest BCUT2D eigenvalue weighted by molar-refractivity contribution is 0.111. The fourth-order valence-corrected chi connectivity index (χ4v) is 2.41. The first-order chi connectivity index (χ1) is 7.70. The number of aldehydes is 1. The smallest absolute Gasteiger partial charge is 0.170 e. The van der Waals surface area contributed by atoms with Crippen molar-refractivity contribution in [2.75, 3.05) is 0 Å². The van der Waals surface area contributed by atoms with Gasteiger partial charge in [0.2, 0.25) is 0 Å². The summed E-state index contributed by atoms with van der Waals surface area (Å²) in [6, 6.07) is 4.17. The van der Waals surface area contributed by atoms with Crippen LogP contribution >= 0.6 is 0 Å². The number of hydrogen-bond acceptors (Lipinski definition) is 2. The van der Waals surface area contributed by atoms with Gasteiger partial charge in [0, 0.05) is 11.6 Å². The Balaban J connectivity index is 2.39. The summed E-state index contributed by atoms with van der Waals surface area (Å²) < 4.78 is 2.13. The van der Waals surface area contributed by atoms with Gasteiger partial charge in [-0.1, -0.05) is 0 Å². The van der Waals surface area contributed by atoms with Crippen LogP contribution in [-0.2, 0) is 0 Å². The predicted molar refractivity (Wildman–Crippen MR) is 62.0 cm³/mol. The Morgan fingerprint density at radius 3 is 2.75 bits per heavy atom. The quantitative estimate of drug-likeness (QED) is 0.720. The van der Waals surface area contributed by atoms with Crippen molar-refractivity contribution in [3.05, 3.63) is 34.8 Å². The number of carbonyl (C=O) groups is 1. The van der Waals surface area contributed by atoms with Gasteiger partial charge in [0.05, 0.1) is 5.69 Å². The number of rotatable bonds is 2. The molecule has 0 unspecified atom stereocenters. The topological polar surface area (TPSA) is 34.4 Å². The molecule has 0 amide bonds. The van der Waals surface area contributed by atoms with Gasteiger partial charge in [-0.15, -0.1) is 0 Å². The normalized spacial score (nSPS) is 15.6. The molecule has 1 fully saturated rings. The summed E-state index contributed by atoms with van der Waals surface area (Å²) >= 11 is 0. The van der Waals surface area contributed by atoms with Crippen molar-refractivity contribution in [2.24, 2.45) is 0 Å². The molecule has 2 heterocycles. The van der Waals surface area contributed by atoms with Crippen molar-refractivity contribution in [3.63, 3.8) is 0 Å². The van der Waals surface area contributed by atoms with Crippen LogP contribution in [0.15, 0.2) is 12.1 Å². The highest BCUT2D eigenvalue weighted by Gasteiger charge is 2.30. The fraction of sp³-hybridized carbons (Fsp3) is 0.385. The zero-order valence-electron chi connectivity index (χ0n) is 9.53. The summed E-state index contributed by atoms with van der Waals surface area (Å²) in [5, 5.41) is 0. The fourth-order valence-electron chi connectivity index (χ4n) is 2.41. The van der Waals surface area contributed by atoms with Crippen LogP contribution in [0.2, 0.25) is 0 Å². The molecule has 1 aliphatic rings. The molecule has 0 spiro atoms. The number of hydrogen-bond donors (Lipinski definition) is 0. The number of aryl methyl sites for hydroxylation is 2. The summed E-state index contributed by atoms with van der Waals surface area (Å²) in [6.45, 7) is 4.13. The Hall–Kier alpha value is -1.64. The molecule has 2 aromatic rings. The van der Waals surface area contributed by atoms with E-state index in [9.17, 15) is 4.79 Å². The molecule has 82 valence electrons. The van der Waals surface area contributed by atoms with E-state index >= 15 is 0 Å². The van der Waals surface area contributed by atoms with E-state index in [-0.39, 0.29) is 0 Å². The minimum absolute atomic E-state index is 0.539. The van der Waals surface area contributed by atoms with Gasteiger partial charge < -0.3 is 4.40 Å². The van der Waals surface area contributed by atoms with E-state index < -0.39 is 0 Å². The predicted octanol–water partition coefficient (Wildman–Crippen LogP) is 2.64. The second kappa shape index (κ2) is 3.17. The molecule has 0 radical (unpaired) electrons. The number of pyridine rings is 1. The van der Waals surface area contributed by atoms with Gasteiger partial charge in [0.15, 0.2) is 6.29 Å². The van der Waals surface area contributed by atoms with E-state index in [1.807, 2.05) is 6.07 Å². The maximum atomic E-state index is 11.0. The van der Waals surface area contributed by atoms with Crippen LogP contribution in [0.5, 0.6) is 0 Å². The molecule has 1 saturated carbocycles. The third-order valence-electron chi connectivity index (χ3n) is 3.19. The minimum Gasteiger partial charge on any atom is -0.300 e. The van der Waals surface area contributed by atoms with Crippen molar-refractivity contribution < 1.29 is 4.79 Å². The molecule has 2 aromatic heterocycles. The van der Waals surface area contributed by atoms with Crippen LogP contribution < -0.4 is 0 Å². The number of imidazole rings is 1. The van der Waals surface area contributed by atoms with Crippen molar-refractivity contribution in [2.45, 2.75) is 32.6 Å². The molecule has 0 saturated heterocycles. The highest BCUT2D eigenvalue weighted by molar-refractivity contribution is 5.76. The molecule has 3 nitrogen and oxygen atoms in total. The molecule has 1 aliphatic carbocycles. The SMILES string of the molecule is Cc1cc(C)n2c(C3CC3)c(C=O)nc2c1. The average Bonchev–Trinajstić information content (AvgIpc) is 2.99. The third kappa shape index (κ3) is 1.28. The maximum absolute atomic E-state index is 11.0. The molecule has 3 rings (SSSR count). The highest BCUT2D eigenvalue weighted by atomic mass is 16.1. The van der Waals surface area contributed by atoms with E-state index in [0.717, 1.165) is 23.3 Å². The van der Waals surface area contributed by atoms with Crippen LogP contribution in [0, 0.1) is 13.8 Å². The number of fused-ring (bicyclic) bond motifs is 1. The Labute approximate surface area is 94.1 Å². The summed E-state index contributed by atoms with van der Waals surface area (Å²) in [5.41, 5.74) is 4.99. The first-order valence-corrected chi connectivity index (χ1v) is 5.65. The first-order valence-electron chi connectivity index (χ1n) is 5.65. The van der Waals surface area contributed by atoms with Gasteiger partial charge in [-0.25, -0.2) is 4.98 Å². The molecule has 16 heavy (non-hydrogen) atoms. The summed E-state index contributed by atoms with van der Waals surface area (Å²) in [5.74, 6) is 0.539. The molecule has 0 aliphatic heterocycles. The molecular weight excluding hydrogens is 200 g/mol. The van der Waals surface area contributed by atoms with E-state index in [2.05, 4.69) is 29.3 Å². The Morgan fingerprint density at radius 2 is 2.12 bits per heavy atom. The molecular formula is C13H14N2O. The lowest BCUT2D eigenvalue weighted by Gasteiger charge is -2.05. The molecule has 3 heteroatoms. The standard InChI is InChI=1S/C13H14N2O/c1-8-5-9(2)15-12(6-8)14-11(7-16)13(15)10-3-4-10/h5-7,10H,3-4H2,1-2H3. The van der Waals surface area contributed by atoms with Gasteiger partial charge in [-0.3, -0.25) is 4.79 Å². The van der Waals surface area contributed by atoms with Gasteiger partial charge in [-0.2, -0.15) is 0 Å². The van der Waals surface area contributed by atoms with E-state index in [0.29, 0.717) is 11.6 Å². The maximum Gasteiger partial charge on any atom is 0.170 e. The zero-order chi connectivity index (χ0) is 11.3. The summed E-state index contributed by atoms with van der Waals surface area (Å²) in [6.07, 6.45) is 3.25. The minimum atomic E-state index is 0.539. The molecule has 0 N–H and O–H groups in total. The van der Waals surface area contributed by atoms with Crippen molar-refractivity contribution in [3.8, 4) is 0 Å². The molecule has 0 atom stereocenters. The van der Waals surface area contributed by atoms with Gasteiger partial charge >= 0.3 is 0 Å². The average molecular weight is 214 g/mol. The van der Waals surface area contributed by atoms with Crippen LogP contribution in [0.4, 0.5) is 0 Å². The number of aromatic nitrogens is 2. The van der Waals surface area contributed by atoms with Crippen LogP contribution in [0.3, 0.4) is 0 Å². The van der Waals surface area contributed by atoms with Gasteiger partial charge in [0.1, 0.15) is 11.3 Å². The monoisotopic (exact) mass is 214 g/mol. The van der Waals surface area contributed by atoms with Crippen LogP contribution in [-0.4, -0.2) is 15.7 Å². The number of carbonyl (C=O) groups excluding carboxylic acids is 1. The van der Waals surface area contributed by atoms with Gasteiger partial charge in [-0.05, 0) is 44.4 Å². The van der Waals surface area contributed by atoms with Crippen molar-refractivity contribution in [1.29, 1.82) is 0 Å². The van der Waals surface area contributed by atoms with Crippen molar-refractivity contribution >= 4 is 11.9 Å². The Bertz CT molecular complexity index is 579. The van der Waals surface area contributed by atoms with Crippen LogP contribution in [0.25, 0.3) is 5.65 Å². The molecule has 0 bridgehead atoms. The van der Waals surface area contributed by atoms with E-state index in [4.69, 9.17) is 0 Å². The zero-order valence-corrected chi connectivity index (χ0v) is 9.53. The van der Waals surface area contributed by atoms with Crippen molar-refractivity contribution in [1.82, 2.24) is 9.38 Å². The third-order valence-corrected chi connectivity index (χ3v) is 3.19. The Kier molecular flexibility index (Phi) is 1.90. The summed E-state index contributed by atoms with van der Waals surface area (Å²) in [7, 11) is 0. The van der Waals surface area contributed by atoms with E-state index in [1.54, 1.807) is 0 Å². The largest absolute Gasteiger partial charge is 0.300 e.